The molecule has 1 aliphatic heterocycles. The first-order valence-electron chi connectivity index (χ1n) is 5.66. The fourth-order valence-electron chi connectivity index (χ4n) is 1.74. The lowest BCUT2D eigenvalue weighted by Gasteiger charge is -2.21. The third-order valence-electron chi connectivity index (χ3n) is 2.59. The van der Waals surface area contributed by atoms with E-state index in [4.69, 9.17) is 4.74 Å². The van der Waals surface area contributed by atoms with Crippen LogP contribution in [0.25, 0.3) is 0 Å². The SMILES string of the molecule is CC(C)(C)OC(=O)NCC1CNCC1CF. The zero-order valence-electron chi connectivity index (χ0n) is 10.2. The number of hydrogen-bond acceptors (Lipinski definition) is 3. The molecule has 4 nitrogen and oxygen atoms in total. The fourth-order valence-corrected chi connectivity index (χ4v) is 1.74. The van der Waals surface area contributed by atoms with Gasteiger partial charge < -0.3 is 15.4 Å². The Balaban J connectivity index is 2.26. The van der Waals surface area contributed by atoms with Crippen LogP contribution >= 0.6 is 0 Å². The van der Waals surface area contributed by atoms with Gasteiger partial charge in [-0.25, -0.2) is 4.79 Å². The monoisotopic (exact) mass is 232 g/mol. The van der Waals surface area contributed by atoms with Crippen molar-refractivity contribution in [2.45, 2.75) is 26.4 Å². The molecule has 0 radical (unpaired) electrons. The minimum atomic E-state index is -0.489. The van der Waals surface area contributed by atoms with E-state index in [9.17, 15) is 9.18 Å². The molecule has 1 aliphatic rings. The molecule has 0 aliphatic carbocycles. The Morgan fingerprint density at radius 1 is 1.44 bits per heavy atom. The number of nitrogens with one attached hydrogen (secondary N) is 2. The molecule has 2 N–H and O–H groups in total. The maximum atomic E-state index is 12.6. The molecule has 2 unspecified atom stereocenters. The van der Waals surface area contributed by atoms with Crippen molar-refractivity contribution in [2.24, 2.45) is 11.8 Å². The van der Waals surface area contributed by atoms with Crippen molar-refractivity contribution in [2.75, 3.05) is 26.3 Å². The number of carbonyl (C=O) groups is 1. The first-order chi connectivity index (χ1) is 7.42. The summed E-state index contributed by atoms with van der Waals surface area (Å²) in [5.74, 6) is 0.174. The third kappa shape index (κ3) is 4.35. The van der Waals surface area contributed by atoms with E-state index in [2.05, 4.69) is 10.6 Å². The summed E-state index contributed by atoms with van der Waals surface area (Å²) in [6.45, 7) is 7.02. The summed E-state index contributed by atoms with van der Waals surface area (Å²) in [5.41, 5.74) is -0.489. The molecule has 0 saturated carbocycles. The average Bonchev–Trinajstić information content (AvgIpc) is 2.59. The average molecular weight is 232 g/mol. The van der Waals surface area contributed by atoms with E-state index >= 15 is 0 Å². The second-order valence-corrected chi connectivity index (χ2v) is 5.22. The van der Waals surface area contributed by atoms with E-state index in [0.29, 0.717) is 13.1 Å². The summed E-state index contributed by atoms with van der Waals surface area (Å²) in [5, 5.41) is 5.79. The van der Waals surface area contributed by atoms with Crippen LogP contribution in [0.15, 0.2) is 0 Å². The number of alkyl halides is 1. The number of alkyl carbamates (subject to hydrolysis) is 1. The molecule has 0 bridgehead atoms. The van der Waals surface area contributed by atoms with E-state index in [-0.39, 0.29) is 18.5 Å². The molecule has 1 heterocycles. The van der Waals surface area contributed by atoms with Gasteiger partial charge in [-0.2, -0.15) is 0 Å². The molecule has 2 atom stereocenters. The summed E-state index contributed by atoms with van der Waals surface area (Å²) in [6.07, 6.45) is -0.433. The summed E-state index contributed by atoms with van der Waals surface area (Å²) >= 11 is 0. The van der Waals surface area contributed by atoms with E-state index in [1.54, 1.807) is 0 Å². The van der Waals surface area contributed by atoms with Crippen LogP contribution in [0.4, 0.5) is 9.18 Å². The van der Waals surface area contributed by atoms with Crippen molar-refractivity contribution in [3.05, 3.63) is 0 Å². The molecular weight excluding hydrogens is 211 g/mol. The summed E-state index contributed by atoms with van der Waals surface area (Å²) in [6, 6.07) is 0. The lowest BCUT2D eigenvalue weighted by Crippen LogP contribution is -2.37. The molecule has 0 aromatic carbocycles. The summed E-state index contributed by atoms with van der Waals surface area (Å²) in [4.78, 5) is 11.4. The zero-order valence-corrected chi connectivity index (χ0v) is 10.2. The maximum absolute atomic E-state index is 12.6. The predicted octanol–water partition coefficient (Wildman–Crippen LogP) is 1.32. The molecule has 0 aromatic rings. The minimum Gasteiger partial charge on any atom is -0.444 e. The van der Waals surface area contributed by atoms with Gasteiger partial charge in [0.05, 0.1) is 6.67 Å². The Bertz CT molecular complexity index is 241. The number of halogens is 1. The topological polar surface area (TPSA) is 50.4 Å². The lowest BCUT2D eigenvalue weighted by atomic mass is 9.98. The lowest BCUT2D eigenvalue weighted by molar-refractivity contribution is 0.0515. The first kappa shape index (κ1) is 13.2. The van der Waals surface area contributed by atoms with Crippen molar-refractivity contribution in [3.8, 4) is 0 Å². The number of hydrogen-bond donors (Lipinski definition) is 2. The van der Waals surface area contributed by atoms with Gasteiger partial charge in [0.25, 0.3) is 0 Å². The van der Waals surface area contributed by atoms with E-state index in [0.717, 1.165) is 6.54 Å². The Labute approximate surface area is 95.9 Å². The highest BCUT2D eigenvalue weighted by Crippen LogP contribution is 2.16. The second-order valence-electron chi connectivity index (χ2n) is 5.22. The molecule has 1 saturated heterocycles. The van der Waals surface area contributed by atoms with E-state index < -0.39 is 11.7 Å². The zero-order chi connectivity index (χ0) is 12.2. The van der Waals surface area contributed by atoms with Gasteiger partial charge in [0.15, 0.2) is 0 Å². The van der Waals surface area contributed by atoms with Gasteiger partial charge in [-0.1, -0.05) is 0 Å². The number of carbonyl (C=O) groups excluding carboxylic acids is 1. The largest absolute Gasteiger partial charge is 0.444 e. The molecule has 0 spiro atoms. The van der Waals surface area contributed by atoms with Crippen molar-refractivity contribution in [3.63, 3.8) is 0 Å². The number of amides is 1. The summed E-state index contributed by atoms with van der Waals surface area (Å²) in [7, 11) is 0. The van der Waals surface area contributed by atoms with Gasteiger partial charge in [-0.05, 0) is 26.7 Å². The second kappa shape index (κ2) is 5.48. The van der Waals surface area contributed by atoms with Crippen molar-refractivity contribution >= 4 is 6.09 Å². The van der Waals surface area contributed by atoms with Gasteiger partial charge >= 0.3 is 6.09 Å². The van der Waals surface area contributed by atoms with Gasteiger partial charge in [0.2, 0.25) is 0 Å². The third-order valence-corrected chi connectivity index (χ3v) is 2.59. The Morgan fingerprint density at radius 3 is 2.62 bits per heavy atom. The highest BCUT2D eigenvalue weighted by Gasteiger charge is 2.27. The van der Waals surface area contributed by atoms with E-state index in [1.807, 2.05) is 20.8 Å². The smallest absolute Gasteiger partial charge is 0.407 e. The van der Waals surface area contributed by atoms with E-state index in [1.165, 1.54) is 0 Å². The molecular formula is C11H21FN2O2. The van der Waals surface area contributed by atoms with Crippen LogP contribution < -0.4 is 10.6 Å². The standard InChI is InChI=1S/C11H21FN2O2/c1-11(2,3)16-10(15)14-7-9-6-13-5-8(9)4-12/h8-9,13H,4-7H2,1-3H3,(H,14,15). The van der Waals surface area contributed by atoms with Crippen LogP contribution in [-0.2, 0) is 4.74 Å². The quantitative estimate of drug-likeness (QED) is 0.771. The highest BCUT2D eigenvalue weighted by molar-refractivity contribution is 5.67. The van der Waals surface area contributed by atoms with Crippen LogP contribution in [0.5, 0.6) is 0 Å². The fraction of sp³-hybridized carbons (Fsp3) is 0.909. The van der Waals surface area contributed by atoms with Gasteiger partial charge in [0, 0.05) is 25.6 Å². The minimum absolute atomic E-state index is 0.00920. The van der Waals surface area contributed by atoms with Crippen LogP contribution in [0.1, 0.15) is 20.8 Å². The molecule has 5 heteroatoms. The molecule has 16 heavy (non-hydrogen) atoms. The maximum Gasteiger partial charge on any atom is 0.407 e. The van der Waals surface area contributed by atoms with Crippen molar-refractivity contribution in [1.82, 2.24) is 10.6 Å². The van der Waals surface area contributed by atoms with Crippen LogP contribution in [0.2, 0.25) is 0 Å². The summed E-state index contributed by atoms with van der Waals surface area (Å²) < 4.78 is 17.7. The molecule has 94 valence electrons. The number of ether oxygens (including phenoxy) is 1. The highest BCUT2D eigenvalue weighted by atomic mass is 19.1. The van der Waals surface area contributed by atoms with Crippen LogP contribution in [0.3, 0.4) is 0 Å². The Kier molecular flexibility index (Phi) is 4.53. The Hall–Kier alpha value is -0.840. The first-order valence-corrected chi connectivity index (χ1v) is 5.66. The van der Waals surface area contributed by atoms with Crippen LogP contribution in [-0.4, -0.2) is 38.0 Å². The molecule has 1 fully saturated rings. The van der Waals surface area contributed by atoms with Crippen molar-refractivity contribution in [1.29, 1.82) is 0 Å². The molecule has 1 amide bonds. The van der Waals surface area contributed by atoms with Gasteiger partial charge in [-0.15, -0.1) is 0 Å². The van der Waals surface area contributed by atoms with Gasteiger partial charge in [-0.3, -0.25) is 4.39 Å². The molecule has 0 aromatic heterocycles. The Morgan fingerprint density at radius 2 is 2.06 bits per heavy atom. The van der Waals surface area contributed by atoms with Crippen molar-refractivity contribution < 1.29 is 13.9 Å². The molecule has 1 rings (SSSR count). The predicted molar refractivity (Wildman–Crippen MR) is 60.1 cm³/mol. The number of rotatable bonds is 3. The normalized spacial score (nSPS) is 25.5. The van der Waals surface area contributed by atoms with Gasteiger partial charge in [0.1, 0.15) is 5.60 Å². The van der Waals surface area contributed by atoms with Crippen LogP contribution in [0, 0.1) is 11.8 Å².